The average Bonchev–Trinajstić information content (AvgIpc) is 2.87. The van der Waals surface area contributed by atoms with Crippen LogP contribution in [0.5, 0.6) is 11.5 Å². The summed E-state index contributed by atoms with van der Waals surface area (Å²) in [6.07, 6.45) is 0.932. The highest BCUT2D eigenvalue weighted by atomic mass is 16.5. The number of ether oxygens (including phenoxy) is 3. The van der Waals surface area contributed by atoms with Crippen molar-refractivity contribution in [3.8, 4) is 11.5 Å². The predicted molar refractivity (Wildman–Crippen MR) is 129 cm³/mol. The normalized spacial score (nSPS) is 13.7. The van der Waals surface area contributed by atoms with Crippen LogP contribution >= 0.6 is 0 Å². The number of aryl methyl sites for hydroxylation is 2. The van der Waals surface area contributed by atoms with E-state index in [2.05, 4.69) is 0 Å². The summed E-state index contributed by atoms with van der Waals surface area (Å²) < 4.78 is 16.1. The van der Waals surface area contributed by atoms with Gasteiger partial charge in [-0.25, -0.2) is 0 Å². The van der Waals surface area contributed by atoms with Crippen molar-refractivity contribution in [1.82, 2.24) is 0 Å². The van der Waals surface area contributed by atoms with Crippen molar-refractivity contribution in [1.29, 1.82) is 0 Å². The number of fused-ring (bicyclic) bond motifs is 2. The minimum absolute atomic E-state index is 0.0115. The number of methoxy groups -OCH3 is 1. The number of amides is 1. The number of benzene rings is 2. The monoisotopic (exact) mass is 487 g/mol. The summed E-state index contributed by atoms with van der Waals surface area (Å²) in [7, 11) is 1.29. The molecule has 1 aliphatic heterocycles. The van der Waals surface area contributed by atoms with E-state index in [0.717, 1.165) is 23.1 Å². The van der Waals surface area contributed by atoms with Crippen LogP contribution in [0.3, 0.4) is 0 Å². The van der Waals surface area contributed by atoms with Crippen LogP contribution in [0.4, 0.5) is 5.69 Å². The fraction of sp³-hybridized carbons (Fsp3) is 0.462. The SMILES string of the molecule is COC(=O)CCC(=O)N1Cc2cc(OCCCO)ccc2CCc2ccc(OCC(O)CO)cc21. The molecule has 1 aliphatic rings. The van der Waals surface area contributed by atoms with Crippen LogP contribution in [-0.4, -0.2) is 66.8 Å². The van der Waals surface area contributed by atoms with Crippen molar-refractivity contribution < 1.29 is 39.1 Å². The minimum Gasteiger partial charge on any atom is -0.493 e. The molecule has 2 aromatic carbocycles. The third kappa shape index (κ3) is 7.42. The molecule has 0 spiro atoms. The van der Waals surface area contributed by atoms with Gasteiger partial charge in [0.1, 0.15) is 24.2 Å². The molecular formula is C26H33NO8. The Morgan fingerprint density at radius 1 is 0.971 bits per heavy atom. The Labute approximate surface area is 204 Å². The Morgan fingerprint density at radius 2 is 1.69 bits per heavy atom. The van der Waals surface area contributed by atoms with Gasteiger partial charge in [-0.1, -0.05) is 12.1 Å². The molecule has 0 fully saturated rings. The molecule has 190 valence electrons. The molecule has 1 heterocycles. The van der Waals surface area contributed by atoms with E-state index < -0.39 is 18.7 Å². The summed E-state index contributed by atoms with van der Waals surface area (Å²) in [6.45, 7) is 0.220. The second-order valence-corrected chi connectivity index (χ2v) is 8.35. The van der Waals surface area contributed by atoms with E-state index in [0.29, 0.717) is 36.6 Å². The van der Waals surface area contributed by atoms with Gasteiger partial charge in [-0.05, 0) is 47.7 Å². The number of nitrogens with zero attached hydrogens (tertiary/aromatic N) is 1. The predicted octanol–water partition coefficient (Wildman–Crippen LogP) is 1.76. The van der Waals surface area contributed by atoms with E-state index >= 15 is 0 Å². The molecule has 0 saturated carbocycles. The van der Waals surface area contributed by atoms with E-state index in [1.807, 2.05) is 24.3 Å². The number of carbonyl (C=O) groups excluding carboxylic acids is 2. The summed E-state index contributed by atoms with van der Waals surface area (Å²) in [5.74, 6) is 0.434. The maximum Gasteiger partial charge on any atom is 0.306 e. The Morgan fingerprint density at radius 3 is 2.40 bits per heavy atom. The highest BCUT2D eigenvalue weighted by Gasteiger charge is 2.24. The number of aliphatic hydroxyl groups is 3. The van der Waals surface area contributed by atoms with Crippen LogP contribution in [-0.2, 0) is 33.7 Å². The van der Waals surface area contributed by atoms with Gasteiger partial charge in [0.2, 0.25) is 5.91 Å². The van der Waals surface area contributed by atoms with Crippen molar-refractivity contribution in [2.75, 3.05) is 38.4 Å². The first-order valence-electron chi connectivity index (χ1n) is 11.7. The molecule has 1 amide bonds. The van der Waals surface area contributed by atoms with Crippen LogP contribution in [0.2, 0.25) is 0 Å². The van der Waals surface area contributed by atoms with Gasteiger partial charge in [-0.2, -0.15) is 0 Å². The van der Waals surface area contributed by atoms with Gasteiger partial charge in [0, 0.05) is 25.5 Å². The highest BCUT2D eigenvalue weighted by Crippen LogP contribution is 2.33. The number of carbonyl (C=O) groups is 2. The van der Waals surface area contributed by atoms with Crippen molar-refractivity contribution in [3.63, 3.8) is 0 Å². The van der Waals surface area contributed by atoms with E-state index in [9.17, 15) is 14.7 Å². The standard InChI is InChI=1S/C26H33NO8/c1-33-26(32)10-9-25(31)27-15-20-13-22(34-12-2-11-28)7-5-18(20)3-4-19-6-8-23(14-24(19)27)35-17-21(30)16-29/h5-8,13-14,21,28-30H,2-4,9-12,15-17H2,1H3. The third-order valence-corrected chi connectivity index (χ3v) is 5.81. The number of rotatable bonds is 11. The van der Waals surface area contributed by atoms with E-state index in [-0.39, 0.29) is 38.5 Å². The van der Waals surface area contributed by atoms with Crippen LogP contribution in [0.15, 0.2) is 36.4 Å². The lowest BCUT2D eigenvalue weighted by molar-refractivity contribution is -0.141. The summed E-state index contributed by atoms with van der Waals surface area (Å²) in [4.78, 5) is 26.6. The maximum absolute atomic E-state index is 13.3. The van der Waals surface area contributed by atoms with Gasteiger partial charge in [0.15, 0.2) is 0 Å². The summed E-state index contributed by atoms with van der Waals surface area (Å²) in [5, 5.41) is 27.7. The number of hydrogen-bond acceptors (Lipinski definition) is 8. The molecule has 3 N–H and O–H groups in total. The van der Waals surface area contributed by atoms with Gasteiger partial charge in [-0.3, -0.25) is 9.59 Å². The first-order valence-corrected chi connectivity index (χ1v) is 11.7. The van der Waals surface area contributed by atoms with Crippen LogP contribution in [0.1, 0.15) is 36.0 Å². The molecule has 0 bridgehead atoms. The fourth-order valence-corrected chi connectivity index (χ4v) is 3.87. The Bertz CT molecular complexity index is 1010. The largest absolute Gasteiger partial charge is 0.493 e. The lowest BCUT2D eigenvalue weighted by atomic mass is 9.94. The molecule has 0 saturated heterocycles. The van der Waals surface area contributed by atoms with Gasteiger partial charge >= 0.3 is 5.97 Å². The van der Waals surface area contributed by atoms with Gasteiger partial charge in [-0.15, -0.1) is 0 Å². The molecule has 0 aromatic heterocycles. The molecule has 1 unspecified atom stereocenters. The Hall–Kier alpha value is -3.14. The summed E-state index contributed by atoms with van der Waals surface area (Å²) in [5.41, 5.74) is 3.67. The Kier molecular flexibility index (Phi) is 9.89. The number of hydrogen-bond donors (Lipinski definition) is 3. The molecule has 35 heavy (non-hydrogen) atoms. The number of esters is 1. The second kappa shape index (κ2) is 13.1. The lowest BCUT2D eigenvalue weighted by Gasteiger charge is -2.29. The molecule has 2 aromatic rings. The zero-order chi connectivity index (χ0) is 25.2. The molecule has 0 aliphatic carbocycles. The quantitative estimate of drug-likeness (QED) is 0.323. The zero-order valence-electron chi connectivity index (χ0n) is 19.9. The first-order chi connectivity index (χ1) is 16.9. The molecule has 0 radical (unpaired) electrons. The van der Waals surface area contributed by atoms with Gasteiger partial charge in [0.05, 0.1) is 39.0 Å². The second-order valence-electron chi connectivity index (χ2n) is 8.35. The number of aliphatic hydroxyl groups excluding tert-OH is 3. The van der Waals surface area contributed by atoms with Crippen LogP contribution in [0.25, 0.3) is 0 Å². The fourth-order valence-electron chi connectivity index (χ4n) is 3.87. The lowest BCUT2D eigenvalue weighted by Crippen LogP contribution is -2.33. The van der Waals surface area contributed by atoms with Crippen molar-refractivity contribution in [2.24, 2.45) is 0 Å². The van der Waals surface area contributed by atoms with E-state index in [1.165, 1.54) is 7.11 Å². The van der Waals surface area contributed by atoms with E-state index in [1.54, 1.807) is 17.0 Å². The van der Waals surface area contributed by atoms with Crippen molar-refractivity contribution in [3.05, 3.63) is 53.1 Å². The molecule has 1 atom stereocenters. The Balaban J connectivity index is 1.92. The zero-order valence-corrected chi connectivity index (χ0v) is 19.9. The average molecular weight is 488 g/mol. The smallest absolute Gasteiger partial charge is 0.306 e. The third-order valence-electron chi connectivity index (χ3n) is 5.81. The van der Waals surface area contributed by atoms with Crippen LogP contribution < -0.4 is 14.4 Å². The summed E-state index contributed by atoms with van der Waals surface area (Å²) >= 11 is 0. The van der Waals surface area contributed by atoms with Crippen LogP contribution in [0, 0.1) is 0 Å². The molecule has 3 rings (SSSR count). The van der Waals surface area contributed by atoms with Gasteiger partial charge < -0.3 is 34.4 Å². The van der Waals surface area contributed by atoms with Crippen molar-refractivity contribution >= 4 is 17.6 Å². The minimum atomic E-state index is -1.01. The summed E-state index contributed by atoms with van der Waals surface area (Å²) in [6, 6.07) is 11.2. The molecule has 9 heteroatoms. The topological polar surface area (TPSA) is 126 Å². The van der Waals surface area contributed by atoms with E-state index in [4.69, 9.17) is 24.4 Å². The number of anilines is 1. The van der Waals surface area contributed by atoms with Gasteiger partial charge in [0.25, 0.3) is 0 Å². The first kappa shape index (κ1) is 26.5. The maximum atomic E-state index is 13.3. The molecule has 9 nitrogen and oxygen atoms in total. The molecular weight excluding hydrogens is 454 g/mol. The van der Waals surface area contributed by atoms with Crippen molar-refractivity contribution in [2.45, 2.75) is 44.8 Å². The highest BCUT2D eigenvalue weighted by molar-refractivity contribution is 5.96.